The summed E-state index contributed by atoms with van der Waals surface area (Å²) >= 11 is 16.7. The van der Waals surface area contributed by atoms with Crippen LogP contribution in [0, 0.1) is 0 Å². The maximum Gasteiger partial charge on any atom is 0.357 e. The lowest BCUT2D eigenvalue weighted by Crippen LogP contribution is -2.01. The van der Waals surface area contributed by atoms with Crippen LogP contribution in [0.1, 0.15) is 10.5 Å². The molecule has 1 N–H and O–H groups in total. The average Bonchev–Trinajstić information content (AvgIpc) is 2.81. The third kappa shape index (κ3) is 3.39. The van der Waals surface area contributed by atoms with Crippen molar-refractivity contribution in [2.45, 2.75) is 0 Å². The molecule has 0 saturated heterocycles. The first kappa shape index (κ1) is 14.6. The number of carbonyl (C=O) groups excluding carboxylic acids is 1. The second-order valence-corrected chi connectivity index (χ2v) is 5.99. The van der Waals surface area contributed by atoms with Crippen molar-refractivity contribution >= 4 is 67.3 Å². The minimum absolute atomic E-state index is 0.236. The fourth-order valence-electron chi connectivity index (χ4n) is 1.30. The zero-order chi connectivity index (χ0) is 14.0. The van der Waals surface area contributed by atoms with E-state index in [2.05, 4.69) is 31.0 Å². The minimum atomic E-state index is -0.489. The van der Waals surface area contributed by atoms with E-state index in [1.54, 1.807) is 17.5 Å². The number of esters is 1. The van der Waals surface area contributed by atoms with Gasteiger partial charge in [-0.1, -0.05) is 39.1 Å². The van der Waals surface area contributed by atoms with E-state index in [4.69, 9.17) is 23.2 Å². The van der Waals surface area contributed by atoms with Gasteiger partial charge in [-0.3, -0.25) is 0 Å². The molecule has 1 aromatic carbocycles. The third-order valence-corrected chi connectivity index (χ3v) is 3.95. The van der Waals surface area contributed by atoms with Crippen LogP contribution in [0.2, 0.25) is 10.0 Å². The summed E-state index contributed by atoms with van der Waals surface area (Å²) in [6, 6.07) is 3.43. The quantitative estimate of drug-likeness (QED) is 0.780. The molecular weight excluding hydrogens is 375 g/mol. The Kier molecular flexibility index (Phi) is 4.67. The average molecular weight is 382 g/mol. The van der Waals surface area contributed by atoms with E-state index >= 15 is 0 Å². The normalized spacial score (nSPS) is 10.3. The van der Waals surface area contributed by atoms with Gasteiger partial charge in [0.2, 0.25) is 0 Å². The molecule has 0 unspecified atom stereocenters. The van der Waals surface area contributed by atoms with Gasteiger partial charge in [0.05, 0.1) is 22.8 Å². The summed E-state index contributed by atoms with van der Waals surface area (Å²) in [6.07, 6.45) is 0. The number of hydrogen-bond acceptors (Lipinski definition) is 5. The summed E-state index contributed by atoms with van der Waals surface area (Å²) in [6.45, 7) is 0. The van der Waals surface area contributed by atoms with Gasteiger partial charge >= 0.3 is 5.97 Å². The summed E-state index contributed by atoms with van der Waals surface area (Å²) in [5.74, 6) is -0.489. The van der Waals surface area contributed by atoms with E-state index in [1.165, 1.54) is 18.4 Å². The lowest BCUT2D eigenvalue weighted by Gasteiger charge is -2.08. The van der Waals surface area contributed by atoms with E-state index in [9.17, 15) is 4.79 Å². The number of ether oxygens (including phenoxy) is 1. The largest absolute Gasteiger partial charge is 0.464 e. The van der Waals surface area contributed by atoms with Gasteiger partial charge in [0, 0.05) is 9.85 Å². The van der Waals surface area contributed by atoms with Crippen molar-refractivity contribution in [2.75, 3.05) is 12.4 Å². The van der Waals surface area contributed by atoms with Crippen LogP contribution in [0.25, 0.3) is 0 Å². The number of nitrogens with one attached hydrogen (secondary N) is 1. The Morgan fingerprint density at radius 2 is 2.05 bits per heavy atom. The lowest BCUT2D eigenvalue weighted by atomic mass is 10.3. The van der Waals surface area contributed by atoms with E-state index in [0.29, 0.717) is 20.9 Å². The van der Waals surface area contributed by atoms with Crippen molar-refractivity contribution in [1.29, 1.82) is 0 Å². The number of hydrogen-bond donors (Lipinski definition) is 1. The van der Waals surface area contributed by atoms with E-state index in [0.717, 1.165) is 4.47 Å². The molecule has 2 aromatic rings. The molecule has 0 spiro atoms. The molecule has 4 nitrogen and oxygen atoms in total. The van der Waals surface area contributed by atoms with Crippen LogP contribution in [0.3, 0.4) is 0 Å². The van der Waals surface area contributed by atoms with Crippen LogP contribution in [0.15, 0.2) is 22.0 Å². The molecule has 1 heterocycles. The van der Waals surface area contributed by atoms with Gasteiger partial charge in [-0.15, -0.1) is 11.3 Å². The first-order chi connectivity index (χ1) is 9.01. The molecule has 0 aliphatic rings. The summed E-state index contributed by atoms with van der Waals surface area (Å²) in [5.41, 5.74) is 0.775. The highest BCUT2D eigenvalue weighted by Crippen LogP contribution is 2.36. The highest BCUT2D eigenvalue weighted by atomic mass is 79.9. The number of nitrogens with zero attached hydrogens (tertiary/aromatic N) is 1. The maximum atomic E-state index is 11.3. The second-order valence-electron chi connectivity index (χ2n) is 3.40. The Morgan fingerprint density at radius 1 is 1.42 bits per heavy atom. The Labute approximate surface area is 131 Å². The summed E-state index contributed by atoms with van der Waals surface area (Å²) in [7, 11) is 1.30. The standard InChI is InChI=1S/C11H7BrCl2N2O2S/c1-18-10(17)8-4-19-11(15-8)16-9-6(13)2-5(12)3-7(9)14/h2-4H,1H3,(H,15,16). The maximum absolute atomic E-state index is 11.3. The van der Waals surface area contributed by atoms with Gasteiger partial charge in [0.25, 0.3) is 0 Å². The number of aromatic nitrogens is 1. The molecule has 0 fully saturated rings. The Hall–Kier alpha value is -0.820. The van der Waals surface area contributed by atoms with Gasteiger partial charge < -0.3 is 10.1 Å². The van der Waals surface area contributed by atoms with Gasteiger partial charge in [0.1, 0.15) is 0 Å². The molecular formula is C11H7BrCl2N2O2S. The lowest BCUT2D eigenvalue weighted by molar-refractivity contribution is 0.0595. The number of rotatable bonds is 3. The topological polar surface area (TPSA) is 51.2 Å². The Morgan fingerprint density at radius 3 is 2.63 bits per heavy atom. The number of anilines is 2. The van der Waals surface area contributed by atoms with Crippen LogP contribution in [0.5, 0.6) is 0 Å². The highest BCUT2D eigenvalue weighted by molar-refractivity contribution is 9.10. The molecule has 100 valence electrons. The number of halogens is 3. The Balaban J connectivity index is 2.27. The van der Waals surface area contributed by atoms with Crippen LogP contribution in [-0.4, -0.2) is 18.1 Å². The van der Waals surface area contributed by atoms with E-state index in [-0.39, 0.29) is 5.69 Å². The zero-order valence-electron chi connectivity index (χ0n) is 9.54. The van der Waals surface area contributed by atoms with Crippen LogP contribution >= 0.6 is 50.5 Å². The van der Waals surface area contributed by atoms with Crippen molar-refractivity contribution < 1.29 is 9.53 Å². The summed E-state index contributed by atoms with van der Waals surface area (Å²) in [5, 5.41) is 5.99. The van der Waals surface area contributed by atoms with E-state index in [1.807, 2.05) is 0 Å². The molecule has 19 heavy (non-hydrogen) atoms. The number of methoxy groups -OCH3 is 1. The zero-order valence-corrected chi connectivity index (χ0v) is 13.5. The summed E-state index contributed by atoms with van der Waals surface area (Å²) in [4.78, 5) is 15.4. The molecule has 0 bridgehead atoms. The monoisotopic (exact) mass is 380 g/mol. The number of benzene rings is 1. The van der Waals surface area contributed by atoms with Crippen molar-refractivity contribution in [3.05, 3.63) is 37.7 Å². The minimum Gasteiger partial charge on any atom is -0.464 e. The van der Waals surface area contributed by atoms with Gasteiger partial charge in [-0.2, -0.15) is 0 Å². The van der Waals surface area contributed by atoms with Crippen molar-refractivity contribution in [2.24, 2.45) is 0 Å². The number of carbonyl (C=O) groups is 1. The molecule has 0 radical (unpaired) electrons. The van der Waals surface area contributed by atoms with Crippen LogP contribution in [0.4, 0.5) is 10.8 Å². The molecule has 8 heteroatoms. The van der Waals surface area contributed by atoms with Crippen LogP contribution in [-0.2, 0) is 4.74 Å². The fraction of sp³-hybridized carbons (Fsp3) is 0.0909. The molecule has 1 aromatic heterocycles. The second kappa shape index (κ2) is 6.09. The number of thiazole rings is 1. The van der Waals surface area contributed by atoms with Crippen LogP contribution < -0.4 is 5.32 Å². The van der Waals surface area contributed by atoms with Gasteiger partial charge in [0.15, 0.2) is 10.8 Å². The van der Waals surface area contributed by atoms with Gasteiger partial charge in [-0.05, 0) is 12.1 Å². The molecule has 0 atom stereocenters. The van der Waals surface area contributed by atoms with Crippen molar-refractivity contribution in [3.63, 3.8) is 0 Å². The predicted molar refractivity (Wildman–Crippen MR) is 80.9 cm³/mol. The highest BCUT2D eigenvalue weighted by Gasteiger charge is 2.13. The fourth-order valence-corrected chi connectivity index (χ4v) is 3.29. The third-order valence-electron chi connectivity index (χ3n) is 2.14. The molecule has 0 aliphatic heterocycles. The smallest absolute Gasteiger partial charge is 0.357 e. The molecule has 2 rings (SSSR count). The SMILES string of the molecule is COC(=O)c1csc(Nc2c(Cl)cc(Br)cc2Cl)n1. The molecule has 0 aliphatic carbocycles. The van der Waals surface area contributed by atoms with E-state index < -0.39 is 5.97 Å². The first-order valence-corrected chi connectivity index (χ1v) is 7.39. The molecule has 0 amide bonds. The van der Waals surface area contributed by atoms with Crippen molar-refractivity contribution in [3.8, 4) is 0 Å². The predicted octanol–water partition coefficient (Wildman–Crippen LogP) is 4.74. The van der Waals surface area contributed by atoms with Crippen molar-refractivity contribution in [1.82, 2.24) is 4.98 Å². The summed E-state index contributed by atoms with van der Waals surface area (Å²) < 4.78 is 5.36. The molecule has 0 saturated carbocycles. The Bertz CT molecular complexity index is 610. The van der Waals surface area contributed by atoms with Gasteiger partial charge in [-0.25, -0.2) is 9.78 Å². The first-order valence-electron chi connectivity index (χ1n) is 4.96.